The summed E-state index contributed by atoms with van der Waals surface area (Å²) < 4.78 is 42.7. The summed E-state index contributed by atoms with van der Waals surface area (Å²) in [6.07, 6.45) is -3.25. The molecule has 22 heavy (non-hydrogen) atoms. The third-order valence-electron chi connectivity index (χ3n) is 2.39. The van der Waals surface area contributed by atoms with Crippen molar-refractivity contribution < 1.29 is 22.5 Å². The number of nitrogens with one attached hydrogen (secondary N) is 1. The number of thioether (sulfide) groups is 1. The molecule has 120 valence electrons. The van der Waals surface area contributed by atoms with Crippen molar-refractivity contribution in [3.63, 3.8) is 0 Å². The maximum Gasteiger partial charge on any atom is 0.406 e. The molecule has 0 saturated carbocycles. The topological polar surface area (TPSA) is 85.8 Å². The first kappa shape index (κ1) is 16.3. The lowest BCUT2D eigenvalue weighted by Crippen LogP contribution is -2.18. The Morgan fingerprint density at radius 3 is 2.91 bits per heavy atom. The predicted molar refractivity (Wildman–Crippen MR) is 71.3 cm³/mol. The Balaban J connectivity index is 1.79. The minimum atomic E-state index is -4.35. The Bertz CT molecular complexity index is 640. The van der Waals surface area contributed by atoms with Crippen LogP contribution in [0.3, 0.4) is 0 Å². The number of carbonyl (C=O) groups is 1. The van der Waals surface area contributed by atoms with E-state index < -0.39 is 12.7 Å². The maximum absolute atomic E-state index is 12.3. The lowest BCUT2D eigenvalue weighted by atomic mass is 10.4. The molecule has 2 rings (SSSR count). The molecule has 2 heterocycles. The molecule has 1 amide bonds. The van der Waals surface area contributed by atoms with Crippen LogP contribution in [0.25, 0.3) is 0 Å². The number of aromatic nitrogens is 4. The molecule has 0 fully saturated rings. The van der Waals surface area contributed by atoms with Crippen molar-refractivity contribution in [1.29, 1.82) is 0 Å². The summed E-state index contributed by atoms with van der Waals surface area (Å²) in [5.41, 5.74) is 0. The normalized spacial score (nSPS) is 11.6. The zero-order chi connectivity index (χ0) is 16.2. The maximum atomic E-state index is 12.3. The number of aryl methyl sites for hydroxylation is 1. The molecule has 11 heteroatoms. The molecule has 0 saturated heterocycles. The van der Waals surface area contributed by atoms with Gasteiger partial charge in [-0.15, -0.1) is 10.2 Å². The number of alkyl halides is 3. The van der Waals surface area contributed by atoms with Gasteiger partial charge in [0.2, 0.25) is 5.91 Å². The largest absolute Gasteiger partial charge is 0.406 e. The summed E-state index contributed by atoms with van der Waals surface area (Å²) in [7, 11) is 0. The Morgan fingerprint density at radius 1 is 1.50 bits per heavy atom. The van der Waals surface area contributed by atoms with E-state index in [4.69, 9.17) is 4.52 Å². The molecule has 2 aromatic heterocycles. The Hall–Kier alpha value is -2.04. The molecular formula is C11H12F3N5O2S. The average Bonchev–Trinajstić information content (AvgIpc) is 2.97. The molecule has 0 spiro atoms. The number of anilines is 1. The van der Waals surface area contributed by atoms with E-state index in [0.29, 0.717) is 11.6 Å². The average molecular weight is 335 g/mol. The van der Waals surface area contributed by atoms with E-state index in [2.05, 4.69) is 20.7 Å². The molecule has 0 bridgehead atoms. The monoisotopic (exact) mass is 335 g/mol. The fourth-order valence-corrected chi connectivity index (χ4v) is 2.38. The van der Waals surface area contributed by atoms with Crippen LogP contribution in [0, 0.1) is 6.92 Å². The standard InChI is InChI=1S/C11H12F3N5O2S/c1-7-4-8(18-21-7)16-9(20)2-3-22-10-17-15-6-19(10)5-11(12,13)14/h4,6H,2-3,5H2,1H3,(H,16,18,20). The third-order valence-corrected chi connectivity index (χ3v) is 3.37. The number of nitrogens with zero attached hydrogens (tertiary/aromatic N) is 4. The summed E-state index contributed by atoms with van der Waals surface area (Å²) in [6, 6.07) is 1.56. The molecule has 0 aliphatic heterocycles. The van der Waals surface area contributed by atoms with Crippen LogP contribution >= 0.6 is 11.8 Å². The number of halogens is 3. The van der Waals surface area contributed by atoms with Gasteiger partial charge in [0.25, 0.3) is 0 Å². The number of rotatable bonds is 6. The first-order valence-corrected chi connectivity index (χ1v) is 7.12. The van der Waals surface area contributed by atoms with E-state index >= 15 is 0 Å². The summed E-state index contributed by atoms with van der Waals surface area (Å²) in [5, 5.41) is 13.3. The lowest BCUT2D eigenvalue weighted by Gasteiger charge is -2.08. The second-order valence-corrected chi connectivity index (χ2v) is 5.39. The van der Waals surface area contributed by atoms with E-state index in [1.54, 1.807) is 13.0 Å². The quantitative estimate of drug-likeness (QED) is 0.815. The molecule has 0 aromatic carbocycles. The summed E-state index contributed by atoms with van der Waals surface area (Å²) in [6.45, 7) is 0.527. The molecule has 0 radical (unpaired) electrons. The highest BCUT2D eigenvalue weighted by atomic mass is 32.2. The van der Waals surface area contributed by atoms with Crippen LogP contribution in [0.4, 0.5) is 19.0 Å². The first-order valence-electron chi connectivity index (χ1n) is 6.14. The molecular weight excluding hydrogens is 323 g/mol. The van der Waals surface area contributed by atoms with E-state index in [0.717, 1.165) is 22.7 Å². The van der Waals surface area contributed by atoms with E-state index in [9.17, 15) is 18.0 Å². The highest BCUT2D eigenvalue weighted by Crippen LogP contribution is 2.22. The Kier molecular flexibility index (Phi) is 5.06. The molecule has 2 aromatic rings. The van der Waals surface area contributed by atoms with Crippen molar-refractivity contribution in [2.45, 2.75) is 31.2 Å². The van der Waals surface area contributed by atoms with Crippen molar-refractivity contribution in [2.75, 3.05) is 11.1 Å². The van der Waals surface area contributed by atoms with Gasteiger partial charge in [-0.25, -0.2) is 0 Å². The molecule has 0 aliphatic rings. The van der Waals surface area contributed by atoms with Crippen LogP contribution in [0.5, 0.6) is 0 Å². The molecule has 1 N–H and O–H groups in total. The number of hydrogen-bond acceptors (Lipinski definition) is 6. The number of hydrogen-bond donors (Lipinski definition) is 1. The lowest BCUT2D eigenvalue weighted by molar-refractivity contribution is -0.142. The smallest absolute Gasteiger partial charge is 0.360 e. The number of amides is 1. The SMILES string of the molecule is Cc1cc(NC(=O)CCSc2nncn2CC(F)(F)F)no1. The molecule has 0 atom stereocenters. The van der Waals surface area contributed by atoms with Gasteiger partial charge in [0.1, 0.15) is 18.6 Å². The van der Waals surface area contributed by atoms with E-state index in [-0.39, 0.29) is 23.2 Å². The van der Waals surface area contributed by atoms with Gasteiger partial charge in [-0.05, 0) is 6.92 Å². The van der Waals surface area contributed by atoms with Gasteiger partial charge in [-0.1, -0.05) is 16.9 Å². The summed E-state index contributed by atoms with van der Waals surface area (Å²) in [5.74, 6) is 0.805. The minimum Gasteiger partial charge on any atom is -0.360 e. The van der Waals surface area contributed by atoms with Gasteiger partial charge < -0.3 is 9.84 Å². The van der Waals surface area contributed by atoms with Crippen molar-refractivity contribution in [2.24, 2.45) is 0 Å². The zero-order valence-corrected chi connectivity index (χ0v) is 12.2. The molecule has 7 nitrogen and oxygen atoms in total. The van der Waals surface area contributed by atoms with Gasteiger partial charge in [0, 0.05) is 18.2 Å². The fourth-order valence-electron chi connectivity index (χ4n) is 1.52. The van der Waals surface area contributed by atoms with Crippen LogP contribution < -0.4 is 5.32 Å². The Labute approximate surface area is 127 Å². The van der Waals surface area contributed by atoms with Gasteiger partial charge >= 0.3 is 6.18 Å². The highest BCUT2D eigenvalue weighted by molar-refractivity contribution is 7.99. The van der Waals surface area contributed by atoms with E-state index in [1.165, 1.54) is 0 Å². The second-order valence-electron chi connectivity index (χ2n) is 4.33. The van der Waals surface area contributed by atoms with Crippen LogP contribution in [-0.2, 0) is 11.3 Å². The minimum absolute atomic E-state index is 0.0927. The summed E-state index contributed by atoms with van der Waals surface area (Å²) >= 11 is 1.02. The van der Waals surface area contributed by atoms with Crippen molar-refractivity contribution >= 4 is 23.5 Å². The molecule has 0 aliphatic carbocycles. The Morgan fingerprint density at radius 2 is 2.27 bits per heavy atom. The second kappa shape index (κ2) is 6.81. The number of carbonyl (C=O) groups excluding carboxylic acids is 1. The van der Waals surface area contributed by atoms with Gasteiger partial charge in [0.05, 0.1) is 0 Å². The van der Waals surface area contributed by atoms with Crippen molar-refractivity contribution in [3.05, 3.63) is 18.2 Å². The predicted octanol–water partition coefficient (Wildman–Crippen LogP) is 2.26. The van der Waals surface area contributed by atoms with Gasteiger partial charge in [-0.2, -0.15) is 13.2 Å². The van der Waals surface area contributed by atoms with Crippen LogP contribution in [0.2, 0.25) is 0 Å². The highest BCUT2D eigenvalue weighted by Gasteiger charge is 2.29. The third kappa shape index (κ3) is 5.06. The summed E-state index contributed by atoms with van der Waals surface area (Å²) in [4.78, 5) is 11.6. The zero-order valence-electron chi connectivity index (χ0n) is 11.4. The molecule has 0 unspecified atom stereocenters. The van der Waals surface area contributed by atoms with Crippen molar-refractivity contribution in [1.82, 2.24) is 19.9 Å². The fraction of sp³-hybridized carbons (Fsp3) is 0.455. The van der Waals surface area contributed by atoms with Crippen LogP contribution in [0.1, 0.15) is 12.2 Å². The van der Waals surface area contributed by atoms with Gasteiger partial charge in [-0.3, -0.25) is 9.36 Å². The van der Waals surface area contributed by atoms with Crippen molar-refractivity contribution in [3.8, 4) is 0 Å². The van der Waals surface area contributed by atoms with E-state index in [1.807, 2.05) is 0 Å². The van der Waals surface area contributed by atoms with Gasteiger partial charge in [0.15, 0.2) is 11.0 Å². The van der Waals surface area contributed by atoms with Crippen LogP contribution in [0.15, 0.2) is 22.1 Å². The van der Waals surface area contributed by atoms with Crippen LogP contribution in [-0.4, -0.2) is 37.8 Å². The first-order chi connectivity index (χ1) is 10.3.